The quantitative estimate of drug-likeness (QED) is 0.407. The van der Waals surface area contributed by atoms with E-state index in [1.165, 1.54) is 0 Å². The summed E-state index contributed by atoms with van der Waals surface area (Å²) in [4.78, 5) is 10.6. The van der Waals surface area contributed by atoms with E-state index >= 15 is 0 Å². The Kier molecular flexibility index (Phi) is 4.16. The molecule has 1 aliphatic heterocycles. The maximum absolute atomic E-state index is 10.6. The highest BCUT2D eigenvalue weighted by molar-refractivity contribution is 5.64. The first-order valence-electron chi connectivity index (χ1n) is 4.96. The third-order valence-corrected chi connectivity index (χ3v) is 2.62. The lowest BCUT2D eigenvalue weighted by Crippen LogP contribution is -2.44. The molecule has 1 aliphatic rings. The van der Waals surface area contributed by atoms with Crippen LogP contribution in [-0.4, -0.2) is 35.5 Å². The van der Waals surface area contributed by atoms with Gasteiger partial charge in [0.2, 0.25) is 0 Å². The minimum atomic E-state index is -1.07. The Labute approximate surface area is 83.8 Å². The normalized spacial score (nSPS) is 24.3. The van der Waals surface area contributed by atoms with Crippen LogP contribution in [-0.2, 0) is 4.74 Å². The average Bonchev–Trinajstić information content (AvgIpc) is 2.18. The molecule has 1 fully saturated rings. The fourth-order valence-corrected chi connectivity index (χ4v) is 1.78. The number of hydrogen-bond acceptors (Lipinski definition) is 3. The lowest BCUT2D eigenvalue weighted by Gasteiger charge is -2.28. The van der Waals surface area contributed by atoms with E-state index in [4.69, 9.17) is 15.7 Å². The smallest absolute Gasteiger partial charge is 0.421 e. The van der Waals surface area contributed by atoms with Crippen molar-refractivity contribution in [1.29, 1.82) is 0 Å². The number of amides is 1. The standard InChI is InChI=1S/C9H18N2O3/c1-7(11(10)9(12)13)5-8-3-2-4-14-6-8/h7-8H,2-6,10H2,1H3,(H,12,13)/t7?,8-/m1/s1. The molecular weight excluding hydrogens is 184 g/mol. The highest BCUT2D eigenvalue weighted by Gasteiger charge is 2.21. The van der Waals surface area contributed by atoms with Gasteiger partial charge in [0.1, 0.15) is 0 Å². The molecule has 1 amide bonds. The maximum Gasteiger partial charge on any atom is 0.421 e. The van der Waals surface area contributed by atoms with Crippen LogP contribution in [0.4, 0.5) is 4.79 Å². The summed E-state index contributed by atoms with van der Waals surface area (Å²) >= 11 is 0. The van der Waals surface area contributed by atoms with Gasteiger partial charge in [-0.25, -0.2) is 15.6 Å². The van der Waals surface area contributed by atoms with E-state index in [0.717, 1.165) is 37.5 Å². The number of rotatable bonds is 3. The van der Waals surface area contributed by atoms with Crippen molar-refractivity contribution in [3.05, 3.63) is 0 Å². The van der Waals surface area contributed by atoms with Gasteiger partial charge in [0, 0.05) is 19.3 Å². The van der Waals surface area contributed by atoms with E-state index in [9.17, 15) is 4.79 Å². The Bertz CT molecular complexity index is 192. The van der Waals surface area contributed by atoms with Crippen molar-refractivity contribution in [2.24, 2.45) is 11.8 Å². The number of ether oxygens (including phenoxy) is 1. The zero-order chi connectivity index (χ0) is 10.6. The summed E-state index contributed by atoms with van der Waals surface area (Å²) in [5.41, 5.74) is 0. The first-order chi connectivity index (χ1) is 6.61. The number of carbonyl (C=O) groups is 1. The second-order valence-corrected chi connectivity index (χ2v) is 3.86. The van der Waals surface area contributed by atoms with Gasteiger partial charge in [0.05, 0.1) is 0 Å². The van der Waals surface area contributed by atoms with E-state index in [0.29, 0.717) is 5.92 Å². The molecule has 0 aliphatic carbocycles. The molecule has 0 spiro atoms. The van der Waals surface area contributed by atoms with Crippen molar-refractivity contribution in [2.75, 3.05) is 13.2 Å². The number of nitrogens with zero attached hydrogens (tertiary/aromatic N) is 1. The Morgan fingerprint density at radius 2 is 2.50 bits per heavy atom. The van der Waals surface area contributed by atoms with Crippen LogP contribution in [0, 0.1) is 5.92 Å². The summed E-state index contributed by atoms with van der Waals surface area (Å²) in [7, 11) is 0. The molecule has 0 aromatic carbocycles. The Morgan fingerprint density at radius 3 is 3.00 bits per heavy atom. The van der Waals surface area contributed by atoms with E-state index in [1.807, 2.05) is 6.92 Å². The third-order valence-electron chi connectivity index (χ3n) is 2.62. The molecule has 0 bridgehead atoms. The predicted molar refractivity (Wildman–Crippen MR) is 51.7 cm³/mol. The highest BCUT2D eigenvalue weighted by Crippen LogP contribution is 2.20. The molecule has 3 N–H and O–H groups in total. The number of nitrogens with two attached hydrogens (primary N) is 1. The van der Waals surface area contributed by atoms with E-state index in [1.54, 1.807) is 0 Å². The molecule has 0 aromatic rings. The maximum atomic E-state index is 10.6. The monoisotopic (exact) mass is 202 g/mol. The van der Waals surface area contributed by atoms with Gasteiger partial charge in [-0.1, -0.05) is 0 Å². The van der Waals surface area contributed by atoms with Crippen LogP contribution >= 0.6 is 0 Å². The van der Waals surface area contributed by atoms with Crippen LogP contribution in [0.2, 0.25) is 0 Å². The van der Waals surface area contributed by atoms with Gasteiger partial charge < -0.3 is 9.84 Å². The van der Waals surface area contributed by atoms with Gasteiger partial charge in [-0.15, -0.1) is 0 Å². The first-order valence-corrected chi connectivity index (χ1v) is 4.96. The molecule has 5 heteroatoms. The predicted octanol–water partition coefficient (Wildman–Crippen LogP) is 1.05. The molecule has 1 rings (SSSR count). The van der Waals surface area contributed by atoms with Crippen LogP contribution in [0.1, 0.15) is 26.2 Å². The third kappa shape index (κ3) is 3.16. The lowest BCUT2D eigenvalue weighted by molar-refractivity contribution is 0.0391. The van der Waals surface area contributed by atoms with Gasteiger partial charge in [-0.2, -0.15) is 0 Å². The molecule has 14 heavy (non-hydrogen) atoms. The summed E-state index contributed by atoms with van der Waals surface area (Å²) in [5, 5.41) is 9.52. The molecule has 5 nitrogen and oxygen atoms in total. The zero-order valence-corrected chi connectivity index (χ0v) is 8.48. The molecule has 1 heterocycles. The fourth-order valence-electron chi connectivity index (χ4n) is 1.78. The fraction of sp³-hybridized carbons (Fsp3) is 0.889. The van der Waals surface area contributed by atoms with Crippen molar-refractivity contribution in [1.82, 2.24) is 5.01 Å². The molecule has 2 atom stereocenters. The Balaban J connectivity index is 2.31. The van der Waals surface area contributed by atoms with Crippen LogP contribution in [0.3, 0.4) is 0 Å². The van der Waals surface area contributed by atoms with Gasteiger partial charge in [-0.3, -0.25) is 0 Å². The van der Waals surface area contributed by atoms with Crippen molar-refractivity contribution < 1.29 is 14.6 Å². The zero-order valence-electron chi connectivity index (χ0n) is 8.48. The summed E-state index contributed by atoms with van der Waals surface area (Å²) in [6.07, 6.45) is 1.88. The van der Waals surface area contributed by atoms with E-state index in [2.05, 4.69) is 0 Å². The number of hydrogen-bond donors (Lipinski definition) is 2. The molecule has 82 valence electrons. The summed E-state index contributed by atoms with van der Waals surface area (Å²) < 4.78 is 5.32. The van der Waals surface area contributed by atoms with Gasteiger partial charge in [-0.05, 0) is 32.1 Å². The van der Waals surface area contributed by atoms with Crippen LogP contribution < -0.4 is 5.84 Å². The van der Waals surface area contributed by atoms with Crippen LogP contribution in [0.5, 0.6) is 0 Å². The second-order valence-electron chi connectivity index (χ2n) is 3.86. The molecule has 0 aromatic heterocycles. The molecular formula is C9H18N2O3. The van der Waals surface area contributed by atoms with Gasteiger partial charge in [0.25, 0.3) is 0 Å². The first kappa shape index (κ1) is 11.3. The molecule has 1 saturated heterocycles. The van der Waals surface area contributed by atoms with Crippen molar-refractivity contribution in [3.63, 3.8) is 0 Å². The Hall–Kier alpha value is -0.810. The van der Waals surface area contributed by atoms with Gasteiger partial charge in [0.15, 0.2) is 0 Å². The van der Waals surface area contributed by atoms with E-state index < -0.39 is 6.09 Å². The Morgan fingerprint density at radius 1 is 1.79 bits per heavy atom. The summed E-state index contributed by atoms with van der Waals surface area (Å²) in [6.45, 7) is 3.39. The van der Waals surface area contributed by atoms with Crippen LogP contribution in [0.25, 0.3) is 0 Å². The molecule has 0 radical (unpaired) electrons. The van der Waals surface area contributed by atoms with E-state index in [-0.39, 0.29) is 6.04 Å². The average molecular weight is 202 g/mol. The second kappa shape index (κ2) is 5.17. The molecule has 0 saturated carbocycles. The van der Waals surface area contributed by atoms with Crippen molar-refractivity contribution in [2.45, 2.75) is 32.2 Å². The minimum absolute atomic E-state index is 0.140. The highest BCUT2D eigenvalue weighted by atomic mass is 16.5. The van der Waals surface area contributed by atoms with Gasteiger partial charge >= 0.3 is 6.09 Å². The summed E-state index contributed by atoms with van der Waals surface area (Å²) in [5.74, 6) is 5.82. The van der Waals surface area contributed by atoms with Crippen molar-refractivity contribution in [3.8, 4) is 0 Å². The van der Waals surface area contributed by atoms with Crippen molar-refractivity contribution >= 4 is 6.09 Å². The SMILES string of the molecule is CC(C[C@H]1CCCOC1)N(N)C(=O)O. The lowest BCUT2D eigenvalue weighted by atomic mass is 9.95. The largest absolute Gasteiger partial charge is 0.464 e. The minimum Gasteiger partial charge on any atom is -0.464 e. The number of carboxylic acid groups (broad SMARTS) is 1. The van der Waals surface area contributed by atoms with Crippen LogP contribution in [0.15, 0.2) is 0 Å². The topological polar surface area (TPSA) is 75.8 Å². The number of hydrazine groups is 1. The summed E-state index contributed by atoms with van der Waals surface area (Å²) in [6, 6.07) is -0.140. The molecule has 1 unspecified atom stereocenters.